The molecule has 0 amide bonds. The van der Waals surface area contributed by atoms with Crippen LogP contribution in [0.4, 0.5) is 0 Å². The van der Waals surface area contributed by atoms with E-state index in [4.69, 9.17) is 0 Å². The van der Waals surface area contributed by atoms with Crippen LogP contribution >= 0.6 is 34.9 Å². The lowest BCUT2D eigenvalue weighted by atomic mass is 9.81. The van der Waals surface area contributed by atoms with E-state index in [-0.39, 0.29) is 22.3 Å². The number of fused-ring (bicyclic) bond motifs is 21. The molecule has 0 bridgehead atoms. The van der Waals surface area contributed by atoms with Crippen LogP contribution in [0, 0.1) is 0 Å². The minimum atomic E-state index is 0.215. The monoisotopic (exact) mass is 1230 g/mol. The molecule has 0 saturated carbocycles. The van der Waals surface area contributed by atoms with Crippen molar-refractivity contribution in [2.24, 2.45) is 0 Å². The van der Waals surface area contributed by atoms with Gasteiger partial charge >= 0.3 is 0 Å². The lowest BCUT2D eigenvalue weighted by Gasteiger charge is -2.26. The van der Waals surface area contributed by atoms with Crippen molar-refractivity contribution < 1.29 is 0 Å². The summed E-state index contributed by atoms with van der Waals surface area (Å²) < 4.78 is 2.67. The Morgan fingerprint density at radius 3 is 1.29 bits per heavy atom. The number of rotatable bonds is 7. The molecule has 93 heavy (non-hydrogen) atoms. The molecule has 2 aliphatic heterocycles. The lowest BCUT2D eigenvalue weighted by Crippen LogP contribution is -2.15. The van der Waals surface area contributed by atoms with E-state index < -0.39 is 0 Å². The zero-order valence-electron chi connectivity index (χ0n) is 50.6. The topological polar surface area (TPSA) is 0 Å². The van der Waals surface area contributed by atoms with Gasteiger partial charge in [0.05, 0.1) is 0 Å². The molecular formula is C90H56S3. The summed E-state index contributed by atoms with van der Waals surface area (Å²) in [6.07, 6.45) is 14.3. The van der Waals surface area contributed by atoms with Gasteiger partial charge in [-0.2, -0.15) is 0 Å². The predicted octanol–water partition coefficient (Wildman–Crippen LogP) is 25.7. The third-order valence-corrected chi connectivity index (χ3v) is 24.8. The van der Waals surface area contributed by atoms with E-state index in [2.05, 4.69) is 339 Å². The molecule has 20 rings (SSSR count). The van der Waals surface area contributed by atoms with Crippen LogP contribution in [0.15, 0.2) is 325 Å². The van der Waals surface area contributed by atoms with Crippen molar-refractivity contribution in [2.75, 3.05) is 0 Å². The predicted molar refractivity (Wildman–Crippen MR) is 403 cm³/mol. The van der Waals surface area contributed by atoms with Gasteiger partial charge in [0.15, 0.2) is 0 Å². The average molecular weight is 1230 g/mol. The first-order valence-electron chi connectivity index (χ1n) is 32.4. The summed E-state index contributed by atoms with van der Waals surface area (Å²) in [5.74, 6) is 0.502. The first-order valence-corrected chi connectivity index (χ1v) is 35.0. The highest BCUT2D eigenvalue weighted by atomic mass is 32.2. The van der Waals surface area contributed by atoms with Crippen molar-refractivity contribution >= 4 is 131 Å². The standard InChI is InChI=1S/C90H56S3/c1-2-18-53(19-3-1)80-51-61(56-41-44-74-73-43-40-55(48-81(73)70-28-8-9-29-71(70)82(74)49-56)54-20-12-21-57(46-54)62-31-14-35-76-75-30-10-11-39-85(75)91-86(62)76)52-84-79-38-17-33-64(89(79)93-90(80)84)59-23-13-22-58(47-59)63-32-15-36-77-78-37-16-34-65(88(78)92-87(63)77)60-42-45-72-68-26-5-4-24-66(68)67-25-6-7-27-69(67)83(72)50-60/h1-52,77,79,87,89H. The summed E-state index contributed by atoms with van der Waals surface area (Å²) in [5, 5.41) is 18.7. The molecule has 434 valence electrons. The quantitative estimate of drug-likeness (QED) is 0.146. The molecule has 15 aromatic carbocycles. The zero-order valence-corrected chi connectivity index (χ0v) is 53.0. The molecule has 0 radical (unpaired) electrons. The normalized spacial score (nSPS) is 17.2. The molecular weight excluding hydrogens is 1180 g/mol. The molecule has 4 unspecified atom stereocenters. The van der Waals surface area contributed by atoms with E-state index >= 15 is 0 Å². The smallest absolute Gasteiger partial charge is 0.0454 e. The van der Waals surface area contributed by atoms with Crippen molar-refractivity contribution in [1.82, 2.24) is 0 Å². The minimum Gasteiger partial charge on any atom is -0.135 e. The lowest BCUT2D eigenvalue weighted by molar-refractivity contribution is 0.891. The molecule has 16 aromatic rings. The van der Waals surface area contributed by atoms with Crippen LogP contribution in [0.1, 0.15) is 34.1 Å². The van der Waals surface area contributed by atoms with E-state index in [1.165, 1.54) is 184 Å². The molecule has 4 atom stereocenters. The Morgan fingerprint density at radius 1 is 0.237 bits per heavy atom. The van der Waals surface area contributed by atoms with Crippen LogP contribution in [0.25, 0.3) is 152 Å². The Balaban J connectivity index is 0.626. The second-order valence-corrected chi connectivity index (χ2v) is 28.9. The molecule has 3 heteroatoms. The van der Waals surface area contributed by atoms with Crippen LogP contribution in [0.3, 0.4) is 0 Å². The fraction of sp³-hybridized carbons (Fsp3) is 0.0444. The van der Waals surface area contributed by atoms with Crippen molar-refractivity contribution in [3.05, 3.63) is 338 Å². The van der Waals surface area contributed by atoms with Crippen LogP contribution in [-0.4, -0.2) is 10.5 Å². The molecule has 0 fully saturated rings. The van der Waals surface area contributed by atoms with Crippen molar-refractivity contribution in [3.8, 4) is 55.6 Å². The van der Waals surface area contributed by atoms with Crippen LogP contribution in [-0.2, 0) is 0 Å². The second-order valence-electron chi connectivity index (χ2n) is 25.5. The van der Waals surface area contributed by atoms with Gasteiger partial charge in [-0.25, -0.2) is 0 Å². The van der Waals surface area contributed by atoms with Crippen LogP contribution < -0.4 is 0 Å². The van der Waals surface area contributed by atoms with E-state index in [1.807, 2.05) is 11.3 Å². The molecule has 2 aliphatic carbocycles. The van der Waals surface area contributed by atoms with Crippen molar-refractivity contribution in [2.45, 2.75) is 32.1 Å². The van der Waals surface area contributed by atoms with Crippen molar-refractivity contribution in [3.63, 3.8) is 0 Å². The fourth-order valence-corrected chi connectivity index (χ4v) is 20.7. The highest BCUT2D eigenvalue weighted by Crippen LogP contribution is 2.59. The maximum atomic E-state index is 2.53. The first-order chi connectivity index (χ1) is 46.1. The maximum Gasteiger partial charge on any atom is 0.0454 e. The van der Waals surface area contributed by atoms with Crippen LogP contribution in [0.2, 0.25) is 0 Å². The molecule has 0 nitrogen and oxygen atoms in total. The van der Waals surface area contributed by atoms with E-state index in [1.54, 1.807) is 0 Å². The number of allylic oxidation sites excluding steroid dienone is 6. The van der Waals surface area contributed by atoms with Gasteiger partial charge in [0.1, 0.15) is 0 Å². The third kappa shape index (κ3) is 8.40. The molecule has 1 aromatic heterocycles. The van der Waals surface area contributed by atoms with Gasteiger partial charge in [0.2, 0.25) is 0 Å². The van der Waals surface area contributed by atoms with Crippen molar-refractivity contribution in [1.29, 1.82) is 0 Å². The van der Waals surface area contributed by atoms with E-state index in [0.29, 0.717) is 0 Å². The molecule has 0 spiro atoms. The molecule has 3 heterocycles. The van der Waals surface area contributed by atoms with Crippen LogP contribution in [0.5, 0.6) is 0 Å². The van der Waals surface area contributed by atoms with E-state index in [0.717, 1.165) is 0 Å². The van der Waals surface area contributed by atoms with Gasteiger partial charge < -0.3 is 0 Å². The van der Waals surface area contributed by atoms with Gasteiger partial charge in [-0.15, -0.1) is 34.9 Å². The third-order valence-electron chi connectivity index (χ3n) is 20.6. The molecule has 0 saturated heterocycles. The SMILES string of the molecule is C1=CC2c3cccc(-c4ccc5c6ccccc6c6ccccc6c5c4)c3SC2C(c2cccc(C3=CC=CC4c5cc(-c6ccc7c8ccc(-c9cccc(-c%10cccc%11c%10sc%10ccccc%10%11)c9)cc8c8ccccc8c7c6)cc(-c6ccccc6)c5SC34)c2)=C1. The van der Waals surface area contributed by atoms with Gasteiger partial charge in [-0.05, 0) is 202 Å². The summed E-state index contributed by atoms with van der Waals surface area (Å²) in [6, 6.07) is 106. The van der Waals surface area contributed by atoms with Gasteiger partial charge in [0, 0.05) is 52.3 Å². The minimum absolute atomic E-state index is 0.215. The van der Waals surface area contributed by atoms with Gasteiger partial charge in [-0.1, -0.05) is 267 Å². The van der Waals surface area contributed by atoms with E-state index in [9.17, 15) is 0 Å². The number of benzene rings is 15. The van der Waals surface area contributed by atoms with Gasteiger partial charge in [-0.3, -0.25) is 0 Å². The molecule has 0 N–H and O–H groups in total. The Kier molecular flexibility index (Phi) is 12.1. The second kappa shape index (κ2) is 21.1. The highest BCUT2D eigenvalue weighted by molar-refractivity contribution is 8.01. The Hall–Kier alpha value is -10.3. The Morgan fingerprint density at radius 2 is 0.656 bits per heavy atom. The number of thiophene rings is 1. The summed E-state index contributed by atoms with van der Waals surface area (Å²) in [7, 11) is 0. The average Bonchev–Trinajstić information content (AvgIpc) is 1.64. The first kappa shape index (κ1) is 53.4. The summed E-state index contributed by atoms with van der Waals surface area (Å²) in [4.78, 5) is 2.79. The summed E-state index contributed by atoms with van der Waals surface area (Å²) in [5.41, 5.74) is 20.8. The number of thioether (sulfide) groups is 2. The summed E-state index contributed by atoms with van der Waals surface area (Å²) in [6.45, 7) is 0. The maximum absolute atomic E-state index is 2.53. The Bertz CT molecular complexity index is 5980. The summed E-state index contributed by atoms with van der Waals surface area (Å²) >= 11 is 6.00. The number of hydrogen-bond acceptors (Lipinski definition) is 3. The Labute approximate surface area is 552 Å². The highest BCUT2D eigenvalue weighted by Gasteiger charge is 2.40. The fourth-order valence-electron chi connectivity index (χ4n) is 16.2. The largest absolute Gasteiger partial charge is 0.135 e. The molecule has 4 aliphatic rings. The zero-order chi connectivity index (χ0) is 60.8. The number of hydrogen-bond donors (Lipinski definition) is 0. The van der Waals surface area contributed by atoms with Gasteiger partial charge in [0.25, 0.3) is 0 Å².